The maximum Gasteiger partial charge on any atom is 0.433 e. The second kappa shape index (κ2) is 6.75. The molecule has 1 aromatic heterocycles. The van der Waals surface area contributed by atoms with Crippen LogP contribution in [0, 0.1) is 10.1 Å². The maximum absolute atomic E-state index is 12.1. The predicted molar refractivity (Wildman–Crippen MR) is 78.8 cm³/mol. The first-order chi connectivity index (χ1) is 10.5. The van der Waals surface area contributed by atoms with Crippen LogP contribution in [0.1, 0.15) is 23.0 Å². The Hall–Kier alpha value is -2.83. The highest BCUT2D eigenvalue weighted by Gasteiger charge is 2.20. The van der Waals surface area contributed by atoms with Gasteiger partial charge in [0, 0.05) is 13.6 Å². The van der Waals surface area contributed by atoms with Crippen LogP contribution < -0.4 is 4.74 Å². The summed E-state index contributed by atoms with van der Waals surface area (Å²) in [6.45, 7) is 2.86. The van der Waals surface area contributed by atoms with Gasteiger partial charge >= 0.3 is 5.88 Å². The number of hydrogen-bond acceptors (Lipinski definition) is 5. The van der Waals surface area contributed by atoms with E-state index in [-0.39, 0.29) is 5.76 Å². The van der Waals surface area contributed by atoms with Gasteiger partial charge in [0.1, 0.15) is 10.7 Å². The largest absolute Gasteiger partial charge is 0.494 e. The Balaban J connectivity index is 2.02. The van der Waals surface area contributed by atoms with Crippen molar-refractivity contribution in [3.63, 3.8) is 0 Å². The molecule has 0 aliphatic rings. The van der Waals surface area contributed by atoms with Crippen LogP contribution in [0.4, 0.5) is 5.88 Å². The summed E-state index contributed by atoms with van der Waals surface area (Å²) in [5, 5.41) is 10.6. The minimum Gasteiger partial charge on any atom is -0.494 e. The zero-order chi connectivity index (χ0) is 16.1. The smallest absolute Gasteiger partial charge is 0.433 e. The van der Waals surface area contributed by atoms with Crippen molar-refractivity contribution in [1.82, 2.24) is 4.90 Å². The molecule has 7 nitrogen and oxygen atoms in total. The third kappa shape index (κ3) is 3.63. The standard InChI is InChI=1S/C15H16N2O5/c1-3-21-12-6-4-11(5-7-12)10-16(2)15(18)13-8-9-14(22-13)17(19)20/h4-9H,3,10H2,1-2H3. The summed E-state index contributed by atoms with van der Waals surface area (Å²) in [6, 6.07) is 9.84. The van der Waals surface area contributed by atoms with Crippen LogP contribution in [-0.4, -0.2) is 29.4 Å². The van der Waals surface area contributed by atoms with Crippen LogP contribution in [0.15, 0.2) is 40.8 Å². The predicted octanol–water partition coefficient (Wildman–Crippen LogP) is 2.86. The number of benzene rings is 1. The van der Waals surface area contributed by atoms with Gasteiger partial charge in [-0.25, -0.2) is 0 Å². The highest BCUT2D eigenvalue weighted by Crippen LogP contribution is 2.18. The molecule has 0 aliphatic carbocycles. The molecular weight excluding hydrogens is 288 g/mol. The van der Waals surface area contributed by atoms with Gasteiger partial charge in [-0.1, -0.05) is 12.1 Å². The van der Waals surface area contributed by atoms with E-state index in [9.17, 15) is 14.9 Å². The number of rotatable bonds is 6. The van der Waals surface area contributed by atoms with Crippen molar-refractivity contribution in [3.8, 4) is 5.75 Å². The first-order valence-electron chi connectivity index (χ1n) is 6.72. The minimum absolute atomic E-state index is 0.0554. The molecule has 7 heteroatoms. The fourth-order valence-electron chi connectivity index (χ4n) is 1.93. The van der Waals surface area contributed by atoms with Crippen molar-refractivity contribution in [1.29, 1.82) is 0 Å². The summed E-state index contributed by atoms with van der Waals surface area (Å²) < 4.78 is 10.3. The van der Waals surface area contributed by atoms with Gasteiger partial charge < -0.3 is 14.1 Å². The van der Waals surface area contributed by atoms with Crippen molar-refractivity contribution in [3.05, 3.63) is 57.8 Å². The van der Waals surface area contributed by atoms with Crippen LogP contribution in [0.3, 0.4) is 0 Å². The summed E-state index contributed by atoms with van der Waals surface area (Å²) >= 11 is 0. The summed E-state index contributed by atoms with van der Waals surface area (Å²) in [4.78, 5) is 23.4. The monoisotopic (exact) mass is 304 g/mol. The molecule has 0 aliphatic heterocycles. The van der Waals surface area contributed by atoms with E-state index in [1.807, 2.05) is 31.2 Å². The summed E-state index contributed by atoms with van der Waals surface area (Å²) in [5.41, 5.74) is 0.917. The molecule has 0 atom stereocenters. The van der Waals surface area contributed by atoms with Crippen molar-refractivity contribution in [2.24, 2.45) is 0 Å². The normalized spacial score (nSPS) is 10.3. The quantitative estimate of drug-likeness (QED) is 0.605. The van der Waals surface area contributed by atoms with Gasteiger partial charge in [0.2, 0.25) is 0 Å². The zero-order valence-electron chi connectivity index (χ0n) is 12.3. The molecule has 22 heavy (non-hydrogen) atoms. The van der Waals surface area contributed by atoms with E-state index in [1.165, 1.54) is 11.0 Å². The Morgan fingerprint density at radius 1 is 1.27 bits per heavy atom. The van der Waals surface area contributed by atoms with Gasteiger partial charge in [0.05, 0.1) is 12.7 Å². The second-order valence-electron chi connectivity index (χ2n) is 4.63. The number of ether oxygens (including phenoxy) is 1. The molecule has 0 unspecified atom stereocenters. The molecular formula is C15H16N2O5. The van der Waals surface area contributed by atoms with Gasteiger partial charge in [-0.05, 0) is 30.7 Å². The SMILES string of the molecule is CCOc1ccc(CN(C)C(=O)c2ccc([N+](=O)[O-])o2)cc1. The molecule has 2 rings (SSSR count). The topological polar surface area (TPSA) is 85.8 Å². The van der Waals surface area contributed by atoms with Crippen LogP contribution >= 0.6 is 0 Å². The van der Waals surface area contributed by atoms with Crippen LogP contribution in [0.2, 0.25) is 0 Å². The number of nitro groups is 1. The highest BCUT2D eigenvalue weighted by molar-refractivity contribution is 5.91. The Labute approximate surface area is 127 Å². The van der Waals surface area contributed by atoms with E-state index in [2.05, 4.69) is 0 Å². The number of nitrogens with zero attached hydrogens (tertiary/aromatic N) is 2. The number of furan rings is 1. The van der Waals surface area contributed by atoms with Crippen LogP contribution in [0.5, 0.6) is 5.75 Å². The lowest BCUT2D eigenvalue weighted by molar-refractivity contribution is -0.402. The molecule has 0 N–H and O–H groups in total. The average molecular weight is 304 g/mol. The number of hydrogen-bond donors (Lipinski definition) is 0. The lowest BCUT2D eigenvalue weighted by Crippen LogP contribution is -2.25. The molecule has 1 heterocycles. The Bertz CT molecular complexity index is 663. The van der Waals surface area contributed by atoms with E-state index >= 15 is 0 Å². The molecule has 1 aromatic carbocycles. The van der Waals surface area contributed by atoms with Gasteiger partial charge in [-0.2, -0.15) is 0 Å². The third-order valence-corrected chi connectivity index (χ3v) is 2.98. The van der Waals surface area contributed by atoms with Crippen molar-refractivity contribution < 1.29 is 18.9 Å². The summed E-state index contributed by atoms with van der Waals surface area (Å²) in [6.07, 6.45) is 0. The summed E-state index contributed by atoms with van der Waals surface area (Å²) in [5.74, 6) is -0.151. The van der Waals surface area contributed by atoms with Crippen LogP contribution in [-0.2, 0) is 6.54 Å². The van der Waals surface area contributed by atoms with Crippen LogP contribution in [0.25, 0.3) is 0 Å². The molecule has 0 saturated heterocycles. The molecule has 0 fully saturated rings. The zero-order valence-corrected chi connectivity index (χ0v) is 12.3. The molecule has 0 radical (unpaired) electrons. The van der Waals surface area contributed by atoms with Crippen molar-refractivity contribution in [2.45, 2.75) is 13.5 Å². The van der Waals surface area contributed by atoms with E-state index < -0.39 is 16.7 Å². The Morgan fingerprint density at radius 3 is 2.50 bits per heavy atom. The van der Waals surface area contributed by atoms with E-state index in [1.54, 1.807) is 7.05 Å². The lowest BCUT2D eigenvalue weighted by Gasteiger charge is -2.16. The molecule has 1 amide bonds. The molecule has 0 saturated carbocycles. The minimum atomic E-state index is -0.677. The fraction of sp³-hybridized carbons (Fsp3) is 0.267. The van der Waals surface area contributed by atoms with Gasteiger partial charge in [0.25, 0.3) is 5.91 Å². The van der Waals surface area contributed by atoms with E-state index in [0.717, 1.165) is 17.4 Å². The molecule has 116 valence electrons. The van der Waals surface area contributed by atoms with Crippen molar-refractivity contribution in [2.75, 3.05) is 13.7 Å². The Kier molecular flexibility index (Phi) is 4.77. The second-order valence-corrected chi connectivity index (χ2v) is 4.63. The summed E-state index contributed by atoms with van der Waals surface area (Å²) in [7, 11) is 1.60. The van der Waals surface area contributed by atoms with Crippen molar-refractivity contribution >= 4 is 11.8 Å². The van der Waals surface area contributed by atoms with E-state index in [0.29, 0.717) is 13.2 Å². The third-order valence-electron chi connectivity index (χ3n) is 2.98. The number of carbonyl (C=O) groups is 1. The first kappa shape index (κ1) is 15.6. The Morgan fingerprint density at radius 2 is 1.95 bits per heavy atom. The average Bonchev–Trinajstić information content (AvgIpc) is 2.99. The van der Waals surface area contributed by atoms with E-state index in [4.69, 9.17) is 9.15 Å². The molecule has 0 bridgehead atoms. The molecule has 2 aromatic rings. The fourth-order valence-corrected chi connectivity index (χ4v) is 1.93. The maximum atomic E-state index is 12.1. The first-order valence-corrected chi connectivity index (χ1v) is 6.72. The lowest BCUT2D eigenvalue weighted by atomic mass is 10.2. The number of carbonyl (C=O) groups excluding carboxylic acids is 1. The molecule has 0 spiro atoms. The van der Waals surface area contributed by atoms with Gasteiger partial charge in [-0.3, -0.25) is 14.9 Å². The van der Waals surface area contributed by atoms with Gasteiger partial charge in [0.15, 0.2) is 5.76 Å². The highest BCUT2D eigenvalue weighted by atomic mass is 16.6. The number of amides is 1. The van der Waals surface area contributed by atoms with Gasteiger partial charge in [-0.15, -0.1) is 0 Å².